The fourth-order valence-electron chi connectivity index (χ4n) is 2.12. The maximum atomic E-state index is 10.1. The number of hydrogen-bond donors (Lipinski definition) is 1. The molecule has 0 bridgehead atoms. The first kappa shape index (κ1) is 14.3. The van der Waals surface area contributed by atoms with Crippen molar-refractivity contribution in [2.24, 2.45) is 0 Å². The first-order valence-electron chi connectivity index (χ1n) is 6.93. The lowest BCUT2D eigenvalue weighted by molar-refractivity contribution is -0.183. The van der Waals surface area contributed by atoms with E-state index in [4.69, 9.17) is 14.2 Å². The quantitative estimate of drug-likeness (QED) is 0.860. The van der Waals surface area contributed by atoms with Gasteiger partial charge in [-0.2, -0.15) is 0 Å². The Kier molecular flexibility index (Phi) is 5.63. The maximum Gasteiger partial charge on any atom is 0.157 e. The van der Waals surface area contributed by atoms with Crippen molar-refractivity contribution in [2.45, 2.75) is 38.6 Å². The van der Waals surface area contributed by atoms with E-state index in [0.717, 1.165) is 30.9 Å². The highest BCUT2D eigenvalue weighted by Gasteiger charge is 2.16. The van der Waals surface area contributed by atoms with Crippen molar-refractivity contribution in [3.63, 3.8) is 0 Å². The van der Waals surface area contributed by atoms with E-state index in [1.807, 2.05) is 31.2 Å². The lowest BCUT2D eigenvalue weighted by Gasteiger charge is -2.24. The lowest BCUT2D eigenvalue weighted by atomic mass is 10.0. The van der Waals surface area contributed by atoms with Crippen LogP contribution < -0.4 is 4.74 Å². The van der Waals surface area contributed by atoms with Gasteiger partial charge in [-0.3, -0.25) is 0 Å². The third-order valence-corrected chi connectivity index (χ3v) is 3.15. The lowest BCUT2D eigenvalue weighted by Crippen LogP contribution is -2.25. The molecule has 4 nitrogen and oxygen atoms in total. The Labute approximate surface area is 114 Å². The second-order valence-corrected chi connectivity index (χ2v) is 4.62. The summed E-state index contributed by atoms with van der Waals surface area (Å²) in [6.45, 7) is 4.11. The van der Waals surface area contributed by atoms with E-state index in [1.54, 1.807) is 0 Å². The molecule has 1 heterocycles. The summed E-state index contributed by atoms with van der Waals surface area (Å²) in [6.07, 6.45) is 1.67. The Bertz CT molecular complexity index is 357. The van der Waals surface area contributed by atoms with Gasteiger partial charge >= 0.3 is 0 Å². The predicted octanol–water partition coefficient (Wildman–Crippen LogP) is 2.66. The zero-order chi connectivity index (χ0) is 13.5. The van der Waals surface area contributed by atoms with Gasteiger partial charge in [0.05, 0.1) is 25.9 Å². The Morgan fingerprint density at radius 1 is 1.26 bits per heavy atom. The zero-order valence-electron chi connectivity index (χ0n) is 11.4. The second-order valence-electron chi connectivity index (χ2n) is 4.62. The summed E-state index contributed by atoms with van der Waals surface area (Å²) in [5.41, 5.74) is 0.902. The average Bonchev–Trinajstić information content (AvgIpc) is 2.47. The summed E-state index contributed by atoms with van der Waals surface area (Å²) in [5, 5.41) is 10.1. The van der Waals surface area contributed by atoms with Crippen LogP contribution >= 0.6 is 0 Å². The van der Waals surface area contributed by atoms with Crippen molar-refractivity contribution < 1.29 is 19.3 Å². The van der Waals surface area contributed by atoms with E-state index in [1.165, 1.54) is 0 Å². The average molecular weight is 266 g/mol. The van der Waals surface area contributed by atoms with Crippen LogP contribution in [0.25, 0.3) is 0 Å². The molecule has 0 aliphatic carbocycles. The second kappa shape index (κ2) is 7.48. The van der Waals surface area contributed by atoms with Gasteiger partial charge < -0.3 is 19.3 Å². The molecule has 1 fully saturated rings. The van der Waals surface area contributed by atoms with Crippen LogP contribution in [-0.2, 0) is 9.47 Å². The molecule has 1 aliphatic heterocycles. The first-order chi connectivity index (χ1) is 9.29. The minimum Gasteiger partial charge on any atom is -0.494 e. The molecule has 0 saturated carbocycles. The van der Waals surface area contributed by atoms with Crippen molar-refractivity contribution >= 4 is 0 Å². The topological polar surface area (TPSA) is 47.9 Å². The summed E-state index contributed by atoms with van der Waals surface area (Å²) in [4.78, 5) is 0. The largest absolute Gasteiger partial charge is 0.494 e. The van der Waals surface area contributed by atoms with Crippen LogP contribution in [0.2, 0.25) is 0 Å². The van der Waals surface area contributed by atoms with E-state index >= 15 is 0 Å². The van der Waals surface area contributed by atoms with Crippen molar-refractivity contribution in [3.05, 3.63) is 29.8 Å². The summed E-state index contributed by atoms with van der Waals surface area (Å²) in [6, 6.07) is 7.57. The van der Waals surface area contributed by atoms with Crippen molar-refractivity contribution in [1.82, 2.24) is 0 Å². The molecule has 19 heavy (non-hydrogen) atoms. The number of ether oxygens (including phenoxy) is 3. The van der Waals surface area contributed by atoms with Crippen LogP contribution in [0.15, 0.2) is 24.3 Å². The Balaban J connectivity index is 1.79. The van der Waals surface area contributed by atoms with Crippen LogP contribution in [0.4, 0.5) is 0 Å². The highest BCUT2D eigenvalue weighted by molar-refractivity contribution is 5.28. The van der Waals surface area contributed by atoms with Crippen LogP contribution in [0.1, 0.15) is 37.9 Å². The molecule has 1 atom stereocenters. The standard InChI is InChI=1S/C15H22O4/c1-2-17-13-6-4-12(5-7-13)14(16)8-9-15-18-10-3-11-19-15/h4-7,14-16H,2-3,8-11H2,1H3/t14-/m1/s1. The minimum atomic E-state index is -0.482. The van der Waals surface area contributed by atoms with Crippen molar-refractivity contribution in [1.29, 1.82) is 0 Å². The van der Waals surface area contributed by atoms with Gasteiger partial charge in [0.25, 0.3) is 0 Å². The minimum absolute atomic E-state index is 0.161. The predicted molar refractivity (Wildman–Crippen MR) is 72.1 cm³/mol. The van der Waals surface area contributed by atoms with Crippen molar-refractivity contribution in [3.8, 4) is 5.75 Å². The number of hydrogen-bond acceptors (Lipinski definition) is 4. The third-order valence-electron chi connectivity index (χ3n) is 3.15. The van der Waals surface area contributed by atoms with Crippen LogP contribution in [0.3, 0.4) is 0 Å². The van der Waals surface area contributed by atoms with Gasteiger partial charge in [-0.25, -0.2) is 0 Å². The Hall–Kier alpha value is -1.10. The Morgan fingerprint density at radius 2 is 1.95 bits per heavy atom. The molecule has 1 aromatic rings. The normalized spacial score (nSPS) is 18.2. The van der Waals surface area contributed by atoms with Gasteiger partial charge in [-0.05, 0) is 37.5 Å². The monoisotopic (exact) mass is 266 g/mol. The van der Waals surface area contributed by atoms with Gasteiger partial charge in [0.2, 0.25) is 0 Å². The van der Waals surface area contributed by atoms with Gasteiger partial charge in [-0.15, -0.1) is 0 Å². The van der Waals surface area contributed by atoms with Crippen LogP contribution in [0, 0.1) is 0 Å². The van der Waals surface area contributed by atoms with Crippen molar-refractivity contribution in [2.75, 3.05) is 19.8 Å². The number of aliphatic hydroxyl groups is 1. The van der Waals surface area contributed by atoms with E-state index in [9.17, 15) is 5.11 Å². The molecule has 0 spiro atoms. The van der Waals surface area contributed by atoms with Gasteiger partial charge in [0.15, 0.2) is 6.29 Å². The van der Waals surface area contributed by atoms with Crippen LogP contribution in [0.5, 0.6) is 5.75 Å². The van der Waals surface area contributed by atoms with Gasteiger partial charge in [-0.1, -0.05) is 12.1 Å². The van der Waals surface area contributed by atoms with Gasteiger partial charge in [0, 0.05) is 6.42 Å². The maximum absolute atomic E-state index is 10.1. The Morgan fingerprint density at radius 3 is 2.58 bits per heavy atom. The molecular weight excluding hydrogens is 244 g/mol. The molecule has 0 unspecified atom stereocenters. The van der Waals surface area contributed by atoms with E-state index in [2.05, 4.69) is 0 Å². The smallest absolute Gasteiger partial charge is 0.157 e. The molecule has 4 heteroatoms. The van der Waals surface area contributed by atoms with Gasteiger partial charge in [0.1, 0.15) is 5.75 Å². The zero-order valence-corrected chi connectivity index (χ0v) is 11.4. The molecule has 0 radical (unpaired) electrons. The summed E-state index contributed by atoms with van der Waals surface area (Å²) < 4.78 is 16.3. The van der Waals surface area contributed by atoms with E-state index in [0.29, 0.717) is 19.4 Å². The highest BCUT2D eigenvalue weighted by Crippen LogP contribution is 2.23. The number of benzene rings is 1. The molecule has 1 N–H and O–H groups in total. The highest BCUT2D eigenvalue weighted by atomic mass is 16.7. The molecule has 2 rings (SSSR count). The first-order valence-corrected chi connectivity index (χ1v) is 6.93. The number of rotatable bonds is 6. The molecule has 1 aliphatic rings. The molecule has 106 valence electrons. The molecule has 1 aromatic carbocycles. The molecule has 0 amide bonds. The van der Waals surface area contributed by atoms with E-state index in [-0.39, 0.29) is 6.29 Å². The third kappa shape index (κ3) is 4.49. The summed E-state index contributed by atoms with van der Waals surface area (Å²) >= 11 is 0. The number of aliphatic hydroxyl groups excluding tert-OH is 1. The SMILES string of the molecule is CCOc1ccc([C@H](O)CCC2OCCCO2)cc1. The molecule has 1 saturated heterocycles. The van der Waals surface area contributed by atoms with E-state index < -0.39 is 6.10 Å². The van der Waals surface area contributed by atoms with Crippen LogP contribution in [-0.4, -0.2) is 31.2 Å². The molecule has 0 aromatic heterocycles. The summed E-state index contributed by atoms with van der Waals surface area (Å²) in [7, 11) is 0. The summed E-state index contributed by atoms with van der Waals surface area (Å²) in [5.74, 6) is 0.831. The fourth-order valence-corrected chi connectivity index (χ4v) is 2.12. The fraction of sp³-hybridized carbons (Fsp3) is 0.600. The molecular formula is C15H22O4.